The van der Waals surface area contributed by atoms with Crippen molar-refractivity contribution in [3.05, 3.63) is 106 Å². The van der Waals surface area contributed by atoms with E-state index in [0.717, 1.165) is 10.9 Å². The van der Waals surface area contributed by atoms with E-state index < -0.39 is 12.1 Å². The van der Waals surface area contributed by atoms with Gasteiger partial charge in [-0.3, -0.25) is 4.79 Å². The fourth-order valence-electron chi connectivity index (χ4n) is 3.15. The van der Waals surface area contributed by atoms with Gasteiger partial charge in [0.25, 0.3) is 0 Å². The van der Waals surface area contributed by atoms with Crippen LogP contribution in [0.1, 0.15) is 32.4 Å². The van der Waals surface area contributed by atoms with E-state index in [1.54, 1.807) is 42.6 Å². The zero-order valence-electron chi connectivity index (χ0n) is 15.1. The van der Waals surface area contributed by atoms with Crippen LogP contribution in [-0.4, -0.2) is 16.7 Å². The number of aromatic amines is 1. The van der Waals surface area contributed by atoms with Crippen LogP contribution in [0.25, 0.3) is 10.9 Å². The summed E-state index contributed by atoms with van der Waals surface area (Å²) in [5.74, 6) is -1.06. The van der Waals surface area contributed by atoms with Gasteiger partial charge in [0.2, 0.25) is 5.78 Å². The summed E-state index contributed by atoms with van der Waals surface area (Å²) < 4.78 is 5.65. The molecule has 29 heavy (non-hydrogen) atoms. The Morgan fingerprint density at radius 3 is 2.34 bits per heavy atom. The summed E-state index contributed by atoms with van der Waals surface area (Å²) in [6.45, 7) is 0. The smallest absolute Gasteiger partial charge is 0.340 e. The van der Waals surface area contributed by atoms with Crippen LogP contribution in [0.4, 0.5) is 0 Å². The number of nitrogens with one attached hydrogen (secondary N) is 1. The average molecular weight is 424 g/mol. The van der Waals surface area contributed by atoms with Crippen LogP contribution >= 0.6 is 23.2 Å². The number of carbonyl (C=O) groups excluding carboxylic acids is 2. The Balaban J connectivity index is 1.73. The highest BCUT2D eigenvalue weighted by molar-refractivity contribution is 6.43. The first-order valence-electron chi connectivity index (χ1n) is 8.86. The van der Waals surface area contributed by atoms with Gasteiger partial charge in [-0.1, -0.05) is 77.8 Å². The molecule has 1 atom stereocenters. The van der Waals surface area contributed by atoms with Gasteiger partial charge in [0.1, 0.15) is 0 Å². The Morgan fingerprint density at radius 1 is 0.828 bits per heavy atom. The largest absolute Gasteiger partial charge is 0.445 e. The van der Waals surface area contributed by atoms with Gasteiger partial charge >= 0.3 is 5.97 Å². The third-order valence-electron chi connectivity index (χ3n) is 4.59. The molecule has 0 bridgehead atoms. The summed E-state index contributed by atoms with van der Waals surface area (Å²) >= 11 is 12.2. The van der Waals surface area contributed by atoms with Crippen molar-refractivity contribution in [2.45, 2.75) is 6.10 Å². The summed E-state index contributed by atoms with van der Waals surface area (Å²) in [6.07, 6.45) is 0.501. The Hall–Kier alpha value is -3.08. The molecule has 6 heteroatoms. The number of carbonyl (C=O) groups is 2. The van der Waals surface area contributed by atoms with E-state index in [1.165, 1.54) is 6.07 Å². The van der Waals surface area contributed by atoms with Crippen LogP contribution in [0.3, 0.4) is 0 Å². The molecule has 4 aromatic rings. The van der Waals surface area contributed by atoms with Gasteiger partial charge in [0, 0.05) is 28.2 Å². The number of ether oxygens (including phenoxy) is 1. The Kier molecular flexibility index (Phi) is 5.38. The predicted molar refractivity (Wildman–Crippen MR) is 114 cm³/mol. The average Bonchev–Trinajstić information content (AvgIpc) is 3.18. The molecule has 144 valence electrons. The van der Waals surface area contributed by atoms with Crippen molar-refractivity contribution in [2.24, 2.45) is 0 Å². The molecule has 1 aromatic heterocycles. The first kappa shape index (κ1) is 19.2. The van der Waals surface area contributed by atoms with Crippen LogP contribution in [0.15, 0.2) is 79.0 Å². The number of esters is 1. The lowest BCUT2D eigenvalue weighted by Gasteiger charge is -2.18. The zero-order valence-corrected chi connectivity index (χ0v) is 16.6. The third kappa shape index (κ3) is 3.77. The van der Waals surface area contributed by atoms with Crippen molar-refractivity contribution < 1.29 is 14.3 Å². The van der Waals surface area contributed by atoms with Crippen molar-refractivity contribution in [1.29, 1.82) is 0 Å². The third-order valence-corrected chi connectivity index (χ3v) is 5.41. The Labute approximate surface area is 177 Å². The first-order valence-corrected chi connectivity index (χ1v) is 9.62. The van der Waals surface area contributed by atoms with Gasteiger partial charge < -0.3 is 9.72 Å². The summed E-state index contributed by atoms with van der Waals surface area (Å²) in [6, 6.07) is 21.0. The maximum atomic E-state index is 13.4. The quantitative estimate of drug-likeness (QED) is 0.304. The van der Waals surface area contributed by atoms with Gasteiger partial charge in [-0.2, -0.15) is 0 Å². The molecule has 1 unspecified atom stereocenters. The van der Waals surface area contributed by atoms with Crippen molar-refractivity contribution >= 4 is 45.9 Å². The van der Waals surface area contributed by atoms with Crippen LogP contribution < -0.4 is 0 Å². The number of rotatable bonds is 5. The number of aromatic nitrogens is 1. The van der Waals surface area contributed by atoms with E-state index in [-0.39, 0.29) is 21.4 Å². The second-order valence-electron chi connectivity index (χ2n) is 6.41. The molecule has 0 saturated heterocycles. The fraction of sp³-hybridized carbons (Fsp3) is 0.0435. The first-order chi connectivity index (χ1) is 14.1. The number of benzene rings is 3. The molecule has 0 fully saturated rings. The highest BCUT2D eigenvalue weighted by atomic mass is 35.5. The molecule has 0 radical (unpaired) electrons. The Bertz CT molecular complexity index is 1200. The summed E-state index contributed by atoms with van der Waals surface area (Å²) in [5, 5.41) is 1.08. The van der Waals surface area contributed by atoms with Crippen molar-refractivity contribution in [1.82, 2.24) is 4.98 Å². The summed E-state index contributed by atoms with van der Waals surface area (Å²) in [7, 11) is 0. The van der Waals surface area contributed by atoms with E-state index in [4.69, 9.17) is 27.9 Å². The van der Waals surface area contributed by atoms with Crippen molar-refractivity contribution in [3.63, 3.8) is 0 Å². The topological polar surface area (TPSA) is 59.2 Å². The minimum atomic E-state index is -1.13. The molecular weight excluding hydrogens is 409 g/mol. The molecule has 3 aromatic carbocycles. The van der Waals surface area contributed by atoms with Gasteiger partial charge in [-0.25, -0.2) is 4.79 Å². The minimum Gasteiger partial charge on any atom is -0.445 e. The number of hydrogen-bond acceptors (Lipinski definition) is 3. The van der Waals surface area contributed by atoms with Crippen LogP contribution in [0.5, 0.6) is 0 Å². The minimum absolute atomic E-state index is 0.0884. The van der Waals surface area contributed by atoms with Crippen LogP contribution in [0.2, 0.25) is 10.0 Å². The lowest BCUT2D eigenvalue weighted by Crippen LogP contribution is -2.20. The number of Topliss-reactive ketones (excluding diaryl/α,β-unsaturated/α-hetero) is 1. The SMILES string of the molecule is O=C(OC(C(=O)c1c[nH]c2ccccc12)c1ccccc1)c1cccc(Cl)c1Cl. The van der Waals surface area contributed by atoms with Gasteiger partial charge in [-0.15, -0.1) is 0 Å². The molecule has 4 rings (SSSR count). The number of para-hydroxylation sites is 1. The maximum absolute atomic E-state index is 13.4. The van der Waals surface area contributed by atoms with Crippen molar-refractivity contribution in [3.8, 4) is 0 Å². The lowest BCUT2D eigenvalue weighted by atomic mass is 9.99. The monoisotopic (exact) mass is 423 g/mol. The second kappa shape index (κ2) is 8.11. The van der Waals surface area contributed by atoms with Gasteiger partial charge in [0.05, 0.1) is 15.6 Å². The highest BCUT2D eigenvalue weighted by Gasteiger charge is 2.29. The lowest BCUT2D eigenvalue weighted by molar-refractivity contribution is 0.0281. The van der Waals surface area contributed by atoms with E-state index in [2.05, 4.69) is 4.98 Å². The predicted octanol–water partition coefficient (Wildman–Crippen LogP) is 6.26. The van der Waals surface area contributed by atoms with Gasteiger partial charge in [0.15, 0.2) is 6.10 Å². The van der Waals surface area contributed by atoms with Crippen LogP contribution in [0, 0.1) is 0 Å². The van der Waals surface area contributed by atoms with E-state index >= 15 is 0 Å². The normalized spacial score (nSPS) is 11.9. The zero-order chi connectivity index (χ0) is 20.4. The molecule has 0 saturated carbocycles. The van der Waals surface area contributed by atoms with Crippen LogP contribution in [-0.2, 0) is 4.74 Å². The van der Waals surface area contributed by atoms with E-state index in [0.29, 0.717) is 11.1 Å². The standard InChI is InChI=1S/C23H15Cl2NO3/c24-18-11-6-10-16(20(18)25)23(28)29-22(14-7-2-1-3-8-14)21(27)17-13-26-19-12-5-4-9-15(17)19/h1-13,22,26H. The summed E-state index contributed by atoms with van der Waals surface area (Å²) in [5.41, 5.74) is 1.94. The molecule has 1 N–H and O–H groups in total. The molecule has 0 aliphatic heterocycles. The maximum Gasteiger partial charge on any atom is 0.340 e. The summed E-state index contributed by atoms with van der Waals surface area (Å²) in [4.78, 5) is 29.3. The molecule has 4 nitrogen and oxygen atoms in total. The molecule has 1 heterocycles. The molecular formula is C23H15Cl2NO3. The number of H-pyrrole nitrogens is 1. The Morgan fingerprint density at radius 2 is 1.55 bits per heavy atom. The molecule has 0 spiro atoms. The van der Waals surface area contributed by atoms with E-state index in [9.17, 15) is 9.59 Å². The number of ketones is 1. The van der Waals surface area contributed by atoms with Gasteiger partial charge in [-0.05, 0) is 18.2 Å². The number of hydrogen-bond donors (Lipinski definition) is 1. The van der Waals surface area contributed by atoms with Crippen molar-refractivity contribution in [2.75, 3.05) is 0 Å². The number of halogens is 2. The molecule has 0 aliphatic carbocycles. The van der Waals surface area contributed by atoms with E-state index in [1.807, 2.05) is 30.3 Å². The fourth-order valence-corrected chi connectivity index (χ4v) is 3.53. The highest BCUT2D eigenvalue weighted by Crippen LogP contribution is 2.31. The molecule has 0 amide bonds. The second-order valence-corrected chi connectivity index (χ2v) is 7.19. The molecule has 0 aliphatic rings. The number of fused-ring (bicyclic) bond motifs is 1.